The Kier molecular flexibility index (Phi) is 4.39. The summed E-state index contributed by atoms with van der Waals surface area (Å²) in [5, 5.41) is 3.91. The topological polar surface area (TPSA) is 38.1 Å². The molecule has 1 unspecified atom stereocenters. The van der Waals surface area contributed by atoms with Gasteiger partial charge in [-0.25, -0.2) is 4.98 Å². The first-order valence-electron chi connectivity index (χ1n) is 6.02. The minimum atomic E-state index is 0.386. The fourth-order valence-corrected chi connectivity index (χ4v) is 1.96. The van der Waals surface area contributed by atoms with Gasteiger partial charge in [-0.2, -0.15) is 0 Å². The van der Waals surface area contributed by atoms with Gasteiger partial charge in [0.25, 0.3) is 0 Å². The maximum atomic E-state index is 5.94. The molecule has 3 nitrogen and oxygen atoms in total. The van der Waals surface area contributed by atoms with Gasteiger partial charge in [-0.05, 0) is 31.7 Å². The molecule has 0 spiro atoms. The number of halogens is 1. The van der Waals surface area contributed by atoms with Crippen LogP contribution in [0.4, 0.5) is 0 Å². The van der Waals surface area contributed by atoms with Gasteiger partial charge in [-0.3, -0.25) is 0 Å². The summed E-state index contributed by atoms with van der Waals surface area (Å²) in [6.07, 6.45) is 3.32. The molecular formula is C14H17ClN2O. The summed E-state index contributed by atoms with van der Waals surface area (Å²) in [5.41, 5.74) is 1.11. The molecular weight excluding hydrogens is 248 g/mol. The number of benzene rings is 1. The quantitative estimate of drug-likeness (QED) is 0.902. The van der Waals surface area contributed by atoms with Crippen molar-refractivity contribution in [1.29, 1.82) is 0 Å². The van der Waals surface area contributed by atoms with Crippen LogP contribution in [-0.4, -0.2) is 18.1 Å². The maximum absolute atomic E-state index is 5.94. The number of aromatic nitrogens is 1. The Balaban J connectivity index is 2.02. The molecule has 1 aromatic carbocycles. The summed E-state index contributed by atoms with van der Waals surface area (Å²) in [6.45, 7) is 2.11. The van der Waals surface area contributed by atoms with Crippen LogP contribution in [0.5, 0.6) is 0 Å². The minimum Gasteiger partial charge on any atom is -0.445 e. The van der Waals surface area contributed by atoms with E-state index in [2.05, 4.69) is 17.2 Å². The van der Waals surface area contributed by atoms with Gasteiger partial charge >= 0.3 is 0 Å². The Labute approximate surface area is 112 Å². The van der Waals surface area contributed by atoms with Crippen LogP contribution in [-0.2, 0) is 12.8 Å². The van der Waals surface area contributed by atoms with E-state index >= 15 is 0 Å². The van der Waals surface area contributed by atoms with E-state index in [4.69, 9.17) is 16.0 Å². The lowest BCUT2D eigenvalue weighted by atomic mass is 10.1. The van der Waals surface area contributed by atoms with Gasteiger partial charge < -0.3 is 9.73 Å². The Morgan fingerprint density at radius 3 is 3.00 bits per heavy atom. The van der Waals surface area contributed by atoms with Crippen molar-refractivity contribution in [3.63, 3.8) is 0 Å². The molecule has 0 amide bonds. The first kappa shape index (κ1) is 13.1. The van der Waals surface area contributed by atoms with Crippen LogP contribution in [0, 0.1) is 0 Å². The lowest BCUT2D eigenvalue weighted by molar-refractivity contribution is 0.440. The van der Waals surface area contributed by atoms with Gasteiger partial charge in [0.15, 0.2) is 5.89 Å². The zero-order valence-corrected chi connectivity index (χ0v) is 11.4. The molecule has 2 aromatic rings. The number of rotatable bonds is 5. The number of oxazole rings is 1. The van der Waals surface area contributed by atoms with Crippen molar-refractivity contribution in [3.8, 4) is 0 Å². The summed E-state index contributed by atoms with van der Waals surface area (Å²) in [4.78, 5) is 4.29. The first-order valence-corrected chi connectivity index (χ1v) is 6.40. The predicted octanol–water partition coefficient (Wildman–Crippen LogP) is 3.07. The van der Waals surface area contributed by atoms with Crippen LogP contribution >= 0.6 is 11.6 Å². The highest BCUT2D eigenvalue weighted by Gasteiger charge is 2.08. The third kappa shape index (κ3) is 3.59. The third-order valence-corrected chi connectivity index (χ3v) is 3.08. The molecule has 0 aliphatic carbocycles. The second-order valence-electron chi connectivity index (χ2n) is 4.42. The second-order valence-corrected chi connectivity index (χ2v) is 4.86. The largest absolute Gasteiger partial charge is 0.445 e. The van der Waals surface area contributed by atoms with Crippen LogP contribution in [0.1, 0.15) is 24.1 Å². The zero-order chi connectivity index (χ0) is 13.0. The maximum Gasteiger partial charge on any atom is 0.198 e. The van der Waals surface area contributed by atoms with Gasteiger partial charge in [0.1, 0.15) is 5.76 Å². The fraction of sp³-hybridized carbons (Fsp3) is 0.357. The van der Waals surface area contributed by atoms with Crippen molar-refractivity contribution < 1.29 is 4.42 Å². The highest BCUT2D eigenvalue weighted by molar-refractivity contribution is 6.30. The van der Waals surface area contributed by atoms with Crippen molar-refractivity contribution in [1.82, 2.24) is 10.3 Å². The first-order chi connectivity index (χ1) is 8.67. The van der Waals surface area contributed by atoms with Crippen molar-refractivity contribution >= 4 is 11.6 Å². The minimum absolute atomic E-state index is 0.386. The lowest BCUT2D eigenvalue weighted by Gasteiger charge is -2.06. The number of nitrogens with zero attached hydrogens (tertiary/aromatic N) is 1. The number of hydrogen-bond donors (Lipinski definition) is 1. The van der Waals surface area contributed by atoms with E-state index in [0.29, 0.717) is 12.5 Å². The Morgan fingerprint density at radius 2 is 2.28 bits per heavy atom. The van der Waals surface area contributed by atoms with Crippen LogP contribution in [0.3, 0.4) is 0 Å². The van der Waals surface area contributed by atoms with E-state index in [1.165, 1.54) is 0 Å². The summed E-state index contributed by atoms with van der Waals surface area (Å²) in [5.74, 6) is 1.64. The Hall–Kier alpha value is -1.32. The zero-order valence-electron chi connectivity index (χ0n) is 10.6. The van der Waals surface area contributed by atoms with Gasteiger partial charge in [-0.15, -0.1) is 0 Å². The van der Waals surface area contributed by atoms with E-state index < -0.39 is 0 Å². The van der Waals surface area contributed by atoms with E-state index in [-0.39, 0.29) is 0 Å². The van der Waals surface area contributed by atoms with Crippen LogP contribution < -0.4 is 5.32 Å². The molecule has 18 heavy (non-hydrogen) atoms. The van der Waals surface area contributed by atoms with E-state index in [1.54, 1.807) is 6.20 Å². The monoisotopic (exact) mass is 264 g/mol. The molecule has 1 atom stereocenters. The SMILES string of the molecule is CNC(C)Cc1cnc(Cc2cccc(Cl)c2)o1. The molecule has 0 saturated heterocycles. The molecule has 1 aromatic heterocycles. The van der Waals surface area contributed by atoms with Crippen molar-refractivity contribution in [2.45, 2.75) is 25.8 Å². The summed E-state index contributed by atoms with van der Waals surface area (Å²) in [7, 11) is 1.94. The van der Waals surface area contributed by atoms with Gasteiger partial charge in [-0.1, -0.05) is 23.7 Å². The van der Waals surface area contributed by atoms with Crippen LogP contribution in [0.15, 0.2) is 34.9 Å². The molecule has 2 rings (SSSR count). The Bertz CT molecular complexity index is 510. The molecule has 0 saturated carbocycles. The molecule has 0 aliphatic rings. The van der Waals surface area contributed by atoms with Crippen LogP contribution in [0.2, 0.25) is 5.02 Å². The van der Waals surface area contributed by atoms with Crippen molar-refractivity contribution in [2.75, 3.05) is 7.05 Å². The Morgan fingerprint density at radius 1 is 1.44 bits per heavy atom. The molecule has 0 bridgehead atoms. The van der Waals surface area contributed by atoms with Crippen molar-refractivity contribution in [3.05, 3.63) is 52.7 Å². The normalized spacial score (nSPS) is 12.6. The average molecular weight is 265 g/mol. The van der Waals surface area contributed by atoms with Gasteiger partial charge in [0.05, 0.1) is 6.20 Å². The van der Waals surface area contributed by atoms with Crippen molar-refractivity contribution in [2.24, 2.45) is 0 Å². The number of hydrogen-bond acceptors (Lipinski definition) is 3. The molecule has 1 N–H and O–H groups in total. The summed E-state index contributed by atoms with van der Waals surface area (Å²) >= 11 is 5.94. The molecule has 1 heterocycles. The fourth-order valence-electron chi connectivity index (χ4n) is 1.75. The predicted molar refractivity (Wildman–Crippen MR) is 73.0 cm³/mol. The standard InChI is InChI=1S/C14H17ClN2O/c1-10(16-2)6-13-9-17-14(18-13)8-11-4-3-5-12(15)7-11/h3-5,7,9-10,16H,6,8H2,1-2H3. The van der Waals surface area contributed by atoms with Crippen LogP contribution in [0.25, 0.3) is 0 Å². The third-order valence-electron chi connectivity index (χ3n) is 2.85. The highest BCUT2D eigenvalue weighted by Crippen LogP contribution is 2.15. The second kappa shape index (κ2) is 6.03. The highest BCUT2D eigenvalue weighted by atomic mass is 35.5. The van der Waals surface area contributed by atoms with E-state index in [0.717, 1.165) is 28.7 Å². The molecule has 0 aliphatic heterocycles. The van der Waals surface area contributed by atoms with Gasteiger partial charge in [0.2, 0.25) is 0 Å². The average Bonchev–Trinajstić information content (AvgIpc) is 2.76. The number of likely N-dealkylation sites (N-methyl/N-ethyl adjacent to an activating group) is 1. The number of nitrogens with one attached hydrogen (secondary N) is 1. The van der Waals surface area contributed by atoms with Gasteiger partial charge in [0, 0.05) is 23.9 Å². The molecule has 4 heteroatoms. The van der Waals surface area contributed by atoms with E-state index in [9.17, 15) is 0 Å². The molecule has 96 valence electrons. The van der Waals surface area contributed by atoms with E-state index in [1.807, 2.05) is 31.3 Å². The summed E-state index contributed by atoms with van der Waals surface area (Å²) in [6, 6.07) is 8.13. The lowest BCUT2D eigenvalue weighted by Crippen LogP contribution is -2.23. The molecule has 0 fully saturated rings. The molecule has 0 radical (unpaired) electrons. The summed E-state index contributed by atoms with van der Waals surface area (Å²) < 4.78 is 5.71. The smallest absolute Gasteiger partial charge is 0.198 e.